The van der Waals surface area contributed by atoms with Crippen LogP contribution in [0.2, 0.25) is 0 Å². The molecule has 0 aromatic heterocycles. The molecular formula is C19H25ClN2O2. The van der Waals surface area contributed by atoms with Crippen LogP contribution < -0.4 is 15.8 Å². The fourth-order valence-corrected chi connectivity index (χ4v) is 2.47. The Hall–Kier alpha value is -2.20. The second-order valence-corrected chi connectivity index (χ2v) is 6.10. The highest BCUT2D eigenvalue weighted by Gasteiger charge is 2.07. The monoisotopic (exact) mass is 348 g/mol. The number of carbonyl (C=O) groups excluding carboxylic acids is 1. The Morgan fingerprint density at radius 1 is 1.12 bits per heavy atom. The number of halogens is 1. The summed E-state index contributed by atoms with van der Waals surface area (Å²) in [5, 5.41) is 2.85. The van der Waals surface area contributed by atoms with E-state index < -0.39 is 0 Å². The van der Waals surface area contributed by atoms with Crippen molar-refractivity contribution in [1.82, 2.24) is 0 Å². The number of benzene rings is 2. The van der Waals surface area contributed by atoms with Crippen LogP contribution in [0.25, 0.3) is 0 Å². The predicted octanol–water partition coefficient (Wildman–Crippen LogP) is 4.08. The molecule has 1 amide bonds. The number of carbonyl (C=O) groups is 1. The highest BCUT2D eigenvalue weighted by Crippen LogP contribution is 2.24. The zero-order valence-electron chi connectivity index (χ0n) is 14.3. The number of nitrogen functional groups attached to an aromatic ring is 1. The lowest BCUT2D eigenvalue weighted by Gasteiger charge is -2.09. The maximum Gasteiger partial charge on any atom is 0.228 e. The summed E-state index contributed by atoms with van der Waals surface area (Å²) in [6, 6.07) is 13.4. The summed E-state index contributed by atoms with van der Waals surface area (Å²) in [4.78, 5) is 12.1. The van der Waals surface area contributed by atoms with Crippen molar-refractivity contribution in [3.8, 4) is 5.75 Å². The molecule has 0 saturated carbocycles. The minimum Gasteiger partial charge on any atom is -0.495 e. The Labute approximate surface area is 149 Å². The third-order valence-electron chi connectivity index (χ3n) is 3.55. The van der Waals surface area contributed by atoms with Gasteiger partial charge in [-0.2, -0.15) is 0 Å². The molecule has 0 bridgehead atoms. The van der Waals surface area contributed by atoms with Crippen molar-refractivity contribution in [3.63, 3.8) is 0 Å². The minimum atomic E-state index is -0.0637. The van der Waals surface area contributed by atoms with Gasteiger partial charge in [0.2, 0.25) is 5.91 Å². The fourth-order valence-electron chi connectivity index (χ4n) is 2.47. The zero-order valence-corrected chi connectivity index (χ0v) is 15.2. The molecule has 0 radical (unpaired) electrons. The van der Waals surface area contributed by atoms with Crippen LogP contribution in [0.5, 0.6) is 5.75 Å². The number of hydrogen-bond acceptors (Lipinski definition) is 3. The molecule has 4 nitrogen and oxygen atoms in total. The molecule has 0 aliphatic rings. The Morgan fingerprint density at radius 3 is 2.29 bits per heavy atom. The van der Waals surface area contributed by atoms with Gasteiger partial charge < -0.3 is 15.8 Å². The highest BCUT2D eigenvalue weighted by molar-refractivity contribution is 5.92. The number of anilines is 2. The van der Waals surface area contributed by atoms with Crippen LogP contribution in [-0.4, -0.2) is 13.0 Å². The topological polar surface area (TPSA) is 64.3 Å². The number of nitrogens with one attached hydrogen (secondary N) is 1. The summed E-state index contributed by atoms with van der Waals surface area (Å²) >= 11 is 0. The molecule has 0 aliphatic carbocycles. The number of nitrogens with two attached hydrogens (primary N) is 1. The van der Waals surface area contributed by atoms with Crippen molar-refractivity contribution >= 4 is 29.7 Å². The Bertz CT molecular complexity index is 670. The molecule has 0 fully saturated rings. The van der Waals surface area contributed by atoms with E-state index in [1.807, 2.05) is 12.1 Å². The molecule has 0 heterocycles. The smallest absolute Gasteiger partial charge is 0.228 e. The molecule has 3 N–H and O–H groups in total. The molecule has 24 heavy (non-hydrogen) atoms. The highest BCUT2D eigenvalue weighted by atomic mass is 35.5. The first kappa shape index (κ1) is 19.8. The first-order valence-electron chi connectivity index (χ1n) is 7.79. The van der Waals surface area contributed by atoms with Crippen LogP contribution in [0.15, 0.2) is 42.5 Å². The fraction of sp³-hybridized carbons (Fsp3) is 0.316. The van der Waals surface area contributed by atoms with Gasteiger partial charge in [0.05, 0.1) is 19.2 Å². The molecule has 0 atom stereocenters. The summed E-state index contributed by atoms with van der Waals surface area (Å²) in [7, 11) is 1.56. The molecule has 130 valence electrons. The first-order valence-corrected chi connectivity index (χ1v) is 7.79. The van der Waals surface area contributed by atoms with Crippen molar-refractivity contribution < 1.29 is 9.53 Å². The Morgan fingerprint density at radius 2 is 1.75 bits per heavy atom. The number of hydrogen-bond donors (Lipinski definition) is 2. The zero-order chi connectivity index (χ0) is 16.8. The van der Waals surface area contributed by atoms with Crippen LogP contribution in [0.3, 0.4) is 0 Å². The number of methoxy groups -OCH3 is 1. The van der Waals surface area contributed by atoms with E-state index in [1.165, 1.54) is 5.56 Å². The van der Waals surface area contributed by atoms with Gasteiger partial charge in [-0.15, -0.1) is 12.4 Å². The second kappa shape index (κ2) is 9.18. The summed E-state index contributed by atoms with van der Waals surface area (Å²) in [6.45, 7) is 4.39. The maximum absolute atomic E-state index is 12.1. The van der Waals surface area contributed by atoms with Crippen molar-refractivity contribution in [1.29, 1.82) is 0 Å². The quantitative estimate of drug-likeness (QED) is 0.773. The van der Waals surface area contributed by atoms with E-state index in [0.717, 1.165) is 12.0 Å². The number of ether oxygens (including phenoxy) is 1. The van der Waals surface area contributed by atoms with Crippen LogP contribution in [0, 0.1) is 5.92 Å². The van der Waals surface area contributed by atoms with Crippen molar-refractivity contribution in [3.05, 3.63) is 53.6 Å². The minimum absolute atomic E-state index is 0. The van der Waals surface area contributed by atoms with Gasteiger partial charge in [0.15, 0.2) is 0 Å². The molecule has 2 aromatic carbocycles. The summed E-state index contributed by atoms with van der Waals surface area (Å²) < 4.78 is 5.10. The average molecular weight is 349 g/mol. The summed E-state index contributed by atoms with van der Waals surface area (Å²) in [5.41, 5.74) is 9.31. The van der Waals surface area contributed by atoms with Gasteiger partial charge in [-0.1, -0.05) is 38.1 Å². The predicted molar refractivity (Wildman–Crippen MR) is 102 cm³/mol. The molecule has 0 saturated heterocycles. The Balaban J connectivity index is 0.00000288. The van der Waals surface area contributed by atoms with Gasteiger partial charge >= 0.3 is 0 Å². The lowest BCUT2D eigenvalue weighted by Crippen LogP contribution is -2.14. The molecular weight excluding hydrogens is 324 g/mol. The third kappa shape index (κ3) is 5.78. The lowest BCUT2D eigenvalue weighted by molar-refractivity contribution is -0.115. The number of rotatable bonds is 6. The molecule has 2 rings (SSSR count). The Kier molecular flexibility index (Phi) is 7.59. The maximum atomic E-state index is 12.1. The molecule has 2 aromatic rings. The van der Waals surface area contributed by atoms with E-state index in [-0.39, 0.29) is 18.3 Å². The van der Waals surface area contributed by atoms with E-state index in [9.17, 15) is 4.79 Å². The second-order valence-electron chi connectivity index (χ2n) is 6.10. The van der Waals surface area contributed by atoms with Gasteiger partial charge in [0.1, 0.15) is 5.75 Å². The molecule has 0 aliphatic heterocycles. The number of amides is 1. The third-order valence-corrected chi connectivity index (χ3v) is 3.55. The van der Waals surface area contributed by atoms with E-state index in [4.69, 9.17) is 10.5 Å². The van der Waals surface area contributed by atoms with E-state index >= 15 is 0 Å². The van der Waals surface area contributed by atoms with E-state index in [0.29, 0.717) is 29.5 Å². The van der Waals surface area contributed by atoms with Crippen LogP contribution in [0.1, 0.15) is 25.0 Å². The van der Waals surface area contributed by atoms with E-state index in [2.05, 4.69) is 31.3 Å². The lowest BCUT2D eigenvalue weighted by atomic mass is 10.0. The van der Waals surface area contributed by atoms with Gasteiger partial charge in [-0.25, -0.2) is 0 Å². The summed E-state index contributed by atoms with van der Waals surface area (Å²) in [6.07, 6.45) is 1.39. The SMILES string of the molecule is COc1ccc(NC(=O)Cc2ccc(CC(C)C)cc2)cc1N.Cl. The molecule has 5 heteroatoms. The van der Waals surface area contributed by atoms with Gasteiger partial charge in [-0.05, 0) is 41.7 Å². The molecule has 0 unspecified atom stereocenters. The van der Waals surface area contributed by atoms with Crippen molar-refractivity contribution in [2.45, 2.75) is 26.7 Å². The first-order chi connectivity index (χ1) is 11.0. The van der Waals surface area contributed by atoms with Gasteiger partial charge in [0.25, 0.3) is 0 Å². The largest absolute Gasteiger partial charge is 0.495 e. The van der Waals surface area contributed by atoms with Crippen LogP contribution in [0.4, 0.5) is 11.4 Å². The van der Waals surface area contributed by atoms with Gasteiger partial charge in [0, 0.05) is 5.69 Å². The van der Waals surface area contributed by atoms with Gasteiger partial charge in [-0.3, -0.25) is 4.79 Å². The average Bonchev–Trinajstić information content (AvgIpc) is 2.49. The van der Waals surface area contributed by atoms with Crippen LogP contribution in [-0.2, 0) is 17.6 Å². The standard InChI is InChI=1S/C19H24N2O2.ClH/c1-13(2)10-14-4-6-15(7-5-14)11-19(22)21-16-8-9-18(23-3)17(20)12-16;/h4-9,12-13H,10-11,20H2,1-3H3,(H,21,22);1H. The normalized spacial score (nSPS) is 10.2. The van der Waals surface area contributed by atoms with Crippen molar-refractivity contribution in [2.24, 2.45) is 5.92 Å². The van der Waals surface area contributed by atoms with Crippen molar-refractivity contribution in [2.75, 3.05) is 18.2 Å². The van der Waals surface area contributed by atoms with Crippen LogP contribution >= 0.6 is 12.4 Å². The molecule has 0 spiro atoms. The summed E-state index contributed by atoms with van der Waals surface area (Å²) in [5.74, 6) is 1.17. The van der Waals surface area contributed by atoms with E-state index in [1.54, 1.807) is 25.3 Å².